The zero-order valence-corrected chi connectivity index (χ0v) is 11.2. The number of aromatic amines is 1. The molecule has 20 heavy (non-hydrogen) atoms. The van der Waals surface area contributed by atoms with E-state index in [2.05, 4.69) is 16.2 Å². The van der Waals surface area contributed by atoms with Crippen LogP contribution in [-0.2, 0) is 0 Å². The molecular formula is C14H14N6. The number of H-pyrrole nitrogens is 1. The normalized spacial score (nSPS) is 10.8. The second-order valence-corrected chi connectivity index (χ2v) is 4.83. The van der Waals surface area contributed by atoms with E-state index >= 15 is 0 Å². The van der Waals surface area contributed by atoms with Crippen molar-refractivity contribution in [3.05, 3.63) is 35.0 Å². The van der Waals surface area contributed by atoms with Crippen LogP contribution in [0.5, 0.6) is 0 Å². The monoisotopic (exact) mass is 266 g/mol. The van der Waals surface area contributed by atoms with Crippen LogP contribution in [0.25, 0.3) is 17.0 Å². The van der Waals surface area contributed by atoms with Gasteiger partial charge in [0, 0.05) is 28.7 Å². The predicted molar refractivity (Wildman–Crippen MR) is 78.0 cm³/mol. The van der Waals surface area contributed by atoms with Crippen molar-refractivity contribution < 1.29 is 0 Å². The van der Waals surface area contributed by atoms with E-state index in [1.54, 1.807) is 10.7 Å². The Hall–Kier alpha value is -2.94. The maximum atomic E-state index is 8.99. The van der Waals surface area contributed by atoms with Gasteiger partial charge < -0.3 is 11.5 Å². The molecule has 2 aromatic heterocycles. The Labute approximate surface area is 115 Å². The van der Waals surface area contributed by atoms with Crippen LogP contribution in [0.15, 0.2) is 18.3 Å². The van der Waals surface area contributed by atoms with E-state index in [0.717, 1.165) is 22.3 Å². The Kier molecular flexibility index (Phi) is 2.44. The van der Waals surface area contributed by atoms with Gasteiger partial charge in [-0.3, -0.25) is 5.10 Å². The molecule has 0 unspecified atom stereocenters. The first-order chi connectivity index (χ1) is 9.51. The quantitative estimate of drug-likeness (QED) is 0.585. The van der Waals surface area contributed by atoms with Crippen molar-refractivity contribution in [3.63, 3.8) is 0 Å². The number of rotatable bonds is 1. The topological polar surface area (TPSA) is 109 Å². The van der Waals surface area contributed by atoms with Crippen LogP contribution in [0.1, 0.15) is 16.7 Å². The molecule has 100 valence electrons. The molecule has 0 atom stereocenters. The highest BCUT2D eigenvalue weighted by atomic mass is 15.3. The lowest BCUT2D eigenvalue weighted by molar-refractivity contribution is 0.979. The third-order valence-corrected chi connectivity index (χ3v) is 3.55. The molecule has 1 aromatic carbocycles. The average molecular weight is 266 g/mol. The van der Waals surface area contributed by atoms with Gasteiger partial charge in [-0.2, -0.15) is 5.26 Å². The summed E-state index contributed by atoms with van der Waals surface area (Å²) in [5.74, 6) is 0.672. The second kappa shape index (κ2) is 4.03. The molecule has 0 saturated heterocycles. The van der Waals surface area contributed by atoms with Crippen LogP contribution in [0.3, 0.4) is 0 Å². The number of nitrogens with two attached hydrogens (primary N) is 2. The highest BCUT2D eigenvalue weighted by molar-refractivity contribution is 5.73. The number of hydrogen-bond acceptors (Lipinski definition) is 4. The number of nitrogens with one attached hydrogen (secondary N) is 1. The fraction of sp³-hybridized carbons (Fsp3) is 0.143. The summed E-state index contributed by atoms with van der Waals surface area (Å²) in [5.41, 5.74) is 17.0. The summed E-state index contributed by atoms with van der Waals surface area (Å²) in [6.45, 7) is 3.75. The maximum Gasteiger partial charge on any atom is 0.158 e. The number of aryl methyl sites for hydroxylation is 1. The van der Waals surface area contributed by atoms with Crippen LogP contribution in [0.2, 0.25) is 0 Å². The fourth-order valence-corrected chi connectivity index (χ4v) is 2.19. The predicted octanol–water partition coefficient (Wildman–Crippen LogP) is 1.98. The summed E-state index contributed by atoms with van der Waals surface area (Å²) in [6, 6.07) is 5.81. The standard InChI is InChI=1S/C14H14N6/c1-7-10(5-15)6-20-14(7)18-13(19-20)9-3-11(16)8(2)12(17)4-9/h3-4,6H,16-17H2,1-2H3,(H,18,19). The Morgan fingerprint density at radius 2 is 1.85 bits per heavy atom. The summed E-state index contributed by atoms with van der Waals surface area (Å²) in [7, 11) is 0. The van der Waals surface area contributed by atoms with E-state index < -0.39 is 0 Å². The highest BCUT2D eigenvalue weighted by Crippen LogP contribution is 2.27. The van der Waals surface area contributed by atoms with Crippen molar-refractivity contribution in [2.45, 2.75) is 13.8 Å². The van der Waals surface area contributed by atoms with Gasteiger partial charge in [0.05, 0.1) is 5.56 Å². The number of nitrogen functional groups attached to an aromatic ring is 2. The first-order valence-corrected chi connectivity index (χ1v) is 6.15. The number of benzene rings is 1. The Morgan fingerprint density at radius 1 is 1.20 bits per heavy atom. The van der Waals surface area contributed by atoms with Gasteiger partial charge in [-0.05, 0) is 31.5 Å². The summed E-state index contributed by atoms with van der Waals surface area (Å²) < 4.78 is 1.73. The number of aromatic nitrogens is 3. The van der Waals surface area contributed by atoms with E-state index in [1.807, 2.05) is 26.0 Å². The average Bonchev–Trinajstić information content (AvgIpc) is 2.95. The van der Waals surface area contributed by atoms with E-state index in [9.17, 15) is 0 Å². The van der Waals surface area contributed by atoms with Crippen LogP contribution in [0.4, 0.5) is 11.4 Å². The zero-order chi connectivity index (χ0) is 14.4. The van der Waals surface area contributed by atoms with Gasteiger partial charge in [0.2, 0.25) is 0 Å². The van der Waals surface area contributed by atoms with Crippen molar-refractivity contribution in [3.8, 4) is 17.5 Å². The largest absolute Gasteiger partial charge is 0.398 e. The molecule has 2 heterocycles. The summed E-state index contributed by atoms with van der Waals surface area (Å²) in [6.07, 6.45) is 1.72. The number of nitrogens with zero attached hydrogens (tertiary/aromatic N) is 3. The first-order valence-electron chi connectivity index (χ1n) is 6.15. The van der Waals surface area contributed by atoms with E-state index in [4.69, 9.17) is 16.7 Å². The van der Waals surface area contributed by atoms with Gasteiger partial charge in [-0.15, -0.1) is 0 Å². The molecule has 0 amide bonds. The lowest BCUT2D eigenvalue weighted by Gasteiger charge is -2.06. The molecule has 6 heteroatoms. The highest BCUT2D eigenvalue weighted by Gasteiger charge is 2.13. The SMILES string of the molecule is Cc1c(N)cc(-c2nc3c(C)c(C#N)cn3[nH]2)cc1N. The lowest BCUT2D eigenvalue weighted by Crippen LogP contribution is -1.97. The molecule has 5 N–H and O–H groups in total. The summed E-state index contributed by atoms with van der Waals surface area (Å²) >= 11 is 0. The second-order valence-electron chi connectivity index (χ2n) is 4.83. The lowest BCUT2D eigenvalue weighted by atomic mass is 10.1. The summed E-state index contributed by atoms with van der Waals surface area (Å²) in [5, 5.41) is 12.1. The Bertz CT molecular complexity index is 839. The number of hydrogen-bond donors (Lipinski definition) is 3. The summed E-state index contributed by atoms with van der Waals surface area (Å²) in [4.78, 5) is 4.51. The van der Waals surface area contributed by atoms with Gasteiger partial charge in [-0.1, -0.05) is 0 Å². The molecule has 0 radical (unpaired) electrons. The van der Waals surface area contributed by atoms with Crippen molar-refractivity contribution in [1.82, 2.24) is 14.6 Å². The van der Waals surface area contributed by atoms with E-state index in [1.165, 1.54) is 0 Å². The van der Waals surface area contributed by atoms with Crippen LogP contribution < -0.4 is 11.5 Å². The smallest absolute Gasteiger partial charge is 0.158 e. The molecule has 0 fully saturated rings. The van der Waals surface area contributed by atoms with E-state index in [0.29, 0.717) is 22.8 Å². The molecule has 0 spiro atoms. The molecule has 0 aliphatic rings. The maximum absolute atomic E-state index is 8.99. The van der Waals surface area contributed by atoms with Crippen LogP contribution >= 0.6 is 0 Å². The Morgan fingerprint density at radius 3 is 2.40 bits per heavy atom. The molecule has 6 nitrogen and oxygen atoms in total. The third-order valence-electron chi connectivity index (χ3n) is 3.55. The minimum atomic E-state index is 0.609. The van der Waals surface area contributed by atoms with Crippen molar-refractivity contribution in [2.75, 3.05) is 11.5 Å². The van der Waals surface area contributed by atoms with Gasteiger partial charge in [0.25, 0.3) is 0 Å². The van der Waals surface area contributed by atoms with Crippen LogP contribution in [-0.4, -0.2) is 14.6 Å². The van der Waals surface area contributed by atoms with Crippen molar-refractivity contribution in [1.29, 1.82) is 5.26 Å². The minimum absolute atomic E-state index is 0.609. The first kappa shape index (κ1) is 12.1. The third kappa shape index (κ3) is 1.61. The molecule has 0 bridgehead atoms. The van der Waals surface area contributed by atoms with Gasteiger partial charge >= 0.3 is 0 Å². The number of nitriles is 1. The van der Waals surface area contributed by atoms with Crippen molar-refractivity contribution >= 4 is 17.0 Å². The van der Waals surface area contributed by atoms with Crippen molar-refractivity contribution in [2.24, 2.45) is 0 Å². The van der Waals surface area contributed by atoms with Gasteiger partial charge in [-0.25, -0.2) is 9.50 Å². The Balaban J connectivity index is 2.18. The van der Waals surface area contributed by atoms with Gasteiger partial charge in [0.15, 0.2) is 11.5 Å². The molecular weight excluding hydrogens is 252 g/mol. The molecule has 3 rings (SSSR count). The van der Waals surface area contributed by atoms with Gasteiger partial charge in [0.1, 0.15) is 6.07 Å². The van der Waals surface area contributed by atoms with E-state index in [-0.39, 0.29) is 0 Å². The number of fused-ring (bicyclic) bond motifs is 1. The molecule has 3 aromatic rings. The molecule has 0 aliphatic carbocycles. The minimum Gasteiger partial charge on any atom is -0.398 e. The fourth-order valence-electron chi connectivity index (χ4n) is 2.19. The van der Waals surface area contributed by atoms with Crippen LogP contribution in [0, 0.1) is 25.2 Å². The molecule has 0 aliphatic heterocycles. The zero-order valence-electron chi connectivity index (χ0n) is 11.2. The number of anilines is 2. The molecule has 0 saturated carbocycles.